The third kappa shape index (κ3) is 3.57. The Morgan fingerprint density at radius 2 is 1.81 bits per heavy atom. The lowest BCUT2D eigenvalue weighted by Crippen LogP contribution is -2.06. The number of aromatic carboxylic acids is 1. The van der Waals surface area contributed by atoms with Crippen LogP contribution in [-0.4, -0.2) is 22.2 Å². The average Bonchev–Trinajstić information content (AvgIpc) is 2.59. The zero-order valence-corrected chi connectivity index (χ0v) is 14.1. The summed E-state index contributed by atoms with van der Waals surface area (Å²) in [6.07, 6.45) is 0.266. The number of fused-ring (bicyclic) bond motifs is 1. The second-order valence-electron chi connectivity index (χ2n) is 6.26. The van der Waals surface area contributed by atoms with Crippen molar-refractivity contribution < 1.29 is 24.2 Å². The molecule has 0 aliphatic carbocycles. The van der Waals surface area contributed by atoms with E-state index >= 15 is 0 Å². The van der Waals surface area contributed by atoms with Crippen molar-refractivity contribution in [1.29, 1.82) is 0 Å². The topological polar surface area (TPSA) is 74.6 Å². The highest BCUT2D eigenvalue weighted by Gasteiger charge is 2.14. The molecule has 0 heterocycles. The smallest absolute Gasteiger partial charge is 0.335 e. The van der Waals surface area contributed by atoms with Crippen molar-refractivity contribution in [3.8, 4) is 0 Å². The van der Waals surface area contributed by atoms with Crippen LogP contribution in [0.4, 0.5) is 4.39 Å². The van der Waals surface area contributed by atoms with E-state index in [0.717, 1.165) is 22.1 Å². The summed E-state index contributed by atoms with van der Waals surface area (Å²) in [5, 5.41) is 19.8. The van der Waals surface area contributed by atoms with Gasteiger partial charge in [0.15, 0.2) is 0 Å². The van der Waals surface area contributed by atoms with Gasteiger partial charge in [-0.3, -0.25) is 4.79 Å². The molecule has 0 saturated carbocycles. The number of hydrogen-bond acceptors (Lipinski definition) is 2. The van der Waals surface area contributed by atoms with Crippen LogP contribution in [0.25, 0.3) is 10.8 Å². The lowest BCUT2D eigenvalue weighted by atomic mass is 9.89. The predicted molar refractivity (Wildman–Crippen MR) is 96.2 cm³/mol. The lowest BCUT2D eigenvalue weighted by molar-refractivity contribution is -0.136. The van der Waals surface area contributed by atoms with Gasteiger partial charge in [-0.05, 0) is 70.6 Å². The normalized spacial score (nSPS) is 10.8. The maximum absolute atomic E-state index is 13.8. The third-order valence-electron chi connectivity index (χ3n) is 4.50. The van der Waals surface area contributed by atoms with Gasteiger partial charge in [0.1, 0.15) is 5.82 Å². The highest BCUT2D eigenvalue weighted by Crippen LogP contribution is 2.29. The molecule has 3 rings (SSSR count). The Bertz CT molecular complexity index is 1020. The van der Waals surface area contributed by atoms with Crippen LogP contribution in [0, 0.1) is 12.7 Å². The summed E-state index contributed by atoms with van der Waals surface area (Å²) in [6, 6.07) is 12.7. The molecule has 3 aromatic rings. The number of benzene rings is 3. The first-order chi connectivity index (χ1) is 12.3. The lowest BCUT2D eigenvalue weighted by Gasteiger charge is -2.15. The number of rotatable bonds is 5. The molecule has 0 aromatic heterocycles. The zero-order chi connectivity index (χ0) is 18.8. The minimum atomic E-state index is -1.01. The third-order valence-corrected chi connectivity index (χ3v) is 4.50. The average molecular weight is 352 g/mol. The van der Waals surface area contributed by atoms with Gasteiger partial charge in [-0.15, -0.1) is 0 Å². The summed E-state index contributed by atoms with van der Waals surface area (Å²) in [5.41, 5.74) is 3.20. The van der Waals surface area contributed by atoms with E-state index in [9.17, 15) is 14.0 Å². The van der Waals surface area contributed by atoms with E-state index in [2.05, 4.69) is 0 Å². The SMILES string of the molecule is Cc1c(CC(=O)O)cc2ccc(F)cc2c1Cc1cccc(C(=O)O)c1. The molecule has 0 radical (unpaired) electrons. The summed E-state index contributed by atoms with van der Waals surface area (Å²) in [4.78, 5) is 22.4. The molecule has 2 N–H and O–H groups in total. The molecule has 0 amide bonds. The molecule has 0 aliphatic rings. The van der Waals surface area contributed by atoms with Crippen LogP contribution in [0.15, 0.2) is 48.5 Å². The van der Waals surface area contributed by atoms with Crippen molar-refractivity contribution >= 4 is 22.7 Å². The molecule has 0 fully saturated rings. The predicted octanol–water partition coefficient (Wildman–Crippen LogP) is 4.20. The number of hydrogen-bond donors (Lipinski definition) is 2. The van der Waals surface area contributed by atoms with Crippen molar-refractivity contribution in [2.45, 2.75) is 19.8 Å². The molecular formula is C21H17FO4. The van der Waals surface area contributed by atoms with Crippen LogP contribution in [0.1, 0.15) is 32.6 Å². The number of carbonyl (C=O) groups is 2. The summed E-state index contributed by atoms with van der Waals surface area (Å²) >= 11 is 0. The Morgan fingerprint density at radius 1 is 1.04 bits per heavy atom. The van der Waals surface area contributed by atoms with Gasteiger partial charge in [0.25, 0.3) is 0 Å². The van der Waals surface area contributed by atoms with E-state index in [-0.39, 0.29) is 17.8 Å². The van der Waals surface area contributed by atoms with Gasteiger partial charge in [-0.25, -0.2) is 9.18 Å². The maximum Gasteiger partial charge on any atom is 0.335 e. The van der Waals surface area contributed by atoms with Crippen LogP contribution >= 0.6 is 0 Å². The van der Waals surface area contributed by atoms with Gasteiger partial charge in [0.2, 0.25) is 0 Å². The van der Waals surface area contributed by atoms with Crippen molar-refractivity contribution in [2.75, 3.05) is 0 Å². The van der Waals surface area contributed by atoms with Gasteiger partial charge < -0.3 is 10.2 Å². The maximum atomic E-state index is 13.8. The second-order valence-corrected chi connectivity index (χ2v) is 6.26. The molecule has 0 atom stereocenters. The van der Waals surface area contributed by atoms with E-state index < -0.39 is 11.9 Å². The van der Waals surface area contributed by atoms with Gasteiger partial charge in [-0.1, -0.05) is 24.3 Å². The highest BCUT2D eigenvalue weighted by atomic mass is 19.1. The largest absolute Gasteiger partial charge is 0.481 e. The Balaban J connectivity index is 2.17. The molecule has 132 valence electrons. The quantitative estimate of drug-likeness (QED) is 0.721. The van der Waals surface area contributed by atoms with Crippen LogP contribution in [0.2, 0.25) is 0 Å². The monoisotopic (exact) mass is 352 g/mol. The molecule has 4 nitrogen and oxygen atoms in total. The van der Waals surface area contributed by atoms with Crippen molar-refractivity contribution in [1.82, 2.24) is 0 Å². The van der Waals surface area contributed by atoms with Crippen LogP contribution in [0.5, 0.6) is 0 Å². The van der Waals surface area contributed by atoms with Crippen LogP contribution < -0.4 is 0 Å². The minimum Gasteiger partial charge on any atom is -0.481 e. The Kier molecular flexibility index (Phi) is 4.71. The number of aliphatic carboxylic acids is 1. The van der Waals surface area contributed by atoms with Gasteiger partial charge in [0, 0.05) is 0 Å². The molecule has 0 saturated heterocycles. The summed E-state index contributed by atoms with van der Waals surface area (Å²) in [7, 11) is 0. The molecule has 0 unspecified atom stereocenters. The van der Waals surface area contributed by atoms with Gasteiger partial charge >= 0.3 is 11.9 Å². The first kappa shape index (κ1) is 17.6. The van der Waals surface area contributed by atoms with Crippen molar-refractivity contribution in [3.63, 3.8) is 0 Å². The minimum absolute atomic E-state index is 0.124. The molecule has 0 spiro atoms. The molecule has 26 heavy (non-hydrogen) atoms. The highest BCUT2D eigenvalue weighted by molar-refractivity contribution is 5.90. The first-order valence-corrected chi connectivity index (χ1v) is 8.10. The fourth-order valence-corrected chi connectivity index (χ4v) is 3.20. The van der Waals surface area contributed by atoms with E-state index in [1.54, 1.807) is 30.3 Å². The zero-order valence-electron chi connectivity index (χ0n) is 14.1. The van der Waals surface area contributed by atoms with E-state index in [4.69, 9.17) is 10.2 Å². The first-order valence-electron chi connectivity index (χ1n) is 8.10. The Morgan fingerprint density at radius 3 is 2.50 bits per heavy atom. The van der Waals surface area contributed by atoms with Crippen LogP contribution in [-0.2, 0) is 17.6 Å². The molecule has 5 heteroatoms. The second kappa shape index (κ2) is 6.96. The Hall–Kier alpha value is -3.21. The molecule has 0 aliphatic heterocycles. The molecular weight excluding hydrogens is 335 g/mol. The number of halogens is 1. The Labute approximate surface area is 149 Å². The van der Waals surface area contributed by atoms with Crippen LogP contribution in [0.3, 0.4) is 0 Å². The number of carboxylic acids is 2. The fraction of sp³-hybridized carbons (Fsp3) is 0.143. The van der Waals surface area contributed by atoms with Gasteiger partial charge in [0.05, 0.1) is 12.0 Å². The summed E-state index contributed by atoms with van der Waals surface area (Å²) in [6.45, 7) is 1.82. The molecule has 0 bridgehead atoms. The van der Waals surface area contributed by atoms with E-state index in [1.807, 2.05) is 6.92 Å². The molecule has 3 aromatic carbocycles. The van der Waals surface area contributed by atoms with Crippen molar-refractivity contribution in [3.05, 3.63) is 82.2 Å². The number of carboxylic acid groups (broad SMARTS) is 2. The van der Waals surface area contributed by atoms with E-state index in [0.29, 0.717) is 17.4 Å². The fourth-order valence-electron chi connectivity index (χ4n) is 3.20. The summed E-state index contributed by atoms with van der Waals surface area (Å²) in [5.74, 6) is -2.32. The van der Waals surface area contributed by atoms with E-state index in [1.165, 1.54) is 18.2 Å². The standard InChI is InChI=1S/C21H17FO4/c1-12-16(10-20(23)24)9-14-5-6-17(22)11-19(14)18(12)8-13-3-2-4-15(7-13)21(25)26/h2-7,9,11H,8,10H2,1H3,(H,23,24)(H,25,26). The van der Waals surface area contributed by atoms with Gasteiger partial charge in [-0.2, -0.15) is 0 Å². The summed E-state index contributed by atoms with van der Waals surface area (Å²) < 4.78 is 13.8. The van der Waals surface area contributed by atoms with Crippen molar-refractivity contribution in [2.24, 2.45) is 0 Å².